The number of carbonyl (C=O) groups is 2. The van der Waals surface area contributed by atoms with Crippen LogP contribution < -0.4 is 10.1 Å². The number of rotatable bonds is 7. The molecule has 1 saturated heterocycles. The van der Waals surface area contributed by atoms with Crippen LogP contribution in [0.1, 0.15) is 12.0 Å². The molecule has 1 heterocycles. The van der Waals surface area contributed by atoms with Crippen LogP contribution in [0.5, 0.6) is 5.75 Å². The van der Waals surface area contributed by atoms with E-state index in [-0.39, 0.29) is 11.8 Å². The summed E-state index contributed by atoms with van der Waals surface area (Å²) in [6, 6.07) is 13.5. The van der Waals surface area contributed by atoms with Gasteiger partial charge in [0.1, 0.15) is 5.75 Å². The summed E-state index contributed by atoms with van der Waals surface area (Å²) >= 11 is 6.41. The molecule has 30 heavy (non-hydrogen) atoms. The highest BCUT2D eigenvalue weighted by Crippen LogP contribution is 2.33. The van der Waals surface area contributed by atoms with Gasteiger partial charge < -0.3 is 19.9 Å². The van der Waals surface area contributed by atoms with Gasteiger partial charge in [-0.25, -0.2) is 0 Å². The highest BCUT2D eigenvalue weighted by molar-refractivity contribution is 6.33. The predicted octanol–water partition coefficient (Wildman–Crippen LogP) is 3.88. The van der Waals surface area contributed by atoms with E-state index in [2.05, 4.69) is 11.9 Å². The first-order chi connectivity index (χ1) is 14.5. The minimum atomic E-state index is -0.0913. The van der Waals surface area contributed by atoms with Crippen LogP contribution in [-0.4, -0.2) is 54.9 Å². The Balaban J connectivity index is 1.64. The van der Waals surface area contributed by atoms with Crippen LogP contribution in [0.15, 0.2) is 55.1 Å². The lowest BCUT2D eigenvalue weighted by Gasteiger charge is -2.34. The highest BCUT2D eigenvalue weighted by atomic mass is 35.5. The van der Waals surface area contributed by atoms with Gasteiger partial charge in [0, 0.05) is 44.4 Å². The number of piperazine rings is 1. The van der Waals surface area contributed by atoms with Gasteiger partial charge in [0.25, 0.3) is 0 Å². The molecule has 2 aromatic rings. The molecule has 2 amide bonds. The summed E-state index contributed by atoms with van der Waals surface area (Å²) in [5.41, 5.74) is 2.61. The molecule has 7 heteroatoms. The first kappa shape index (κ1) is 21.7. The molecule has 1 N–H and O–H groups in total. The van der Waals surface area contributed by atoms with Crippen molar-refractivity contribution in [1.82, 2.24) is 9.80 Å². The smallest absolute Gasteiger partial charge is 0.246 e. The van der Waals surface area contributed by atoms with Crippen LogP contribution in [0.4, 0.5) is 11.4 Å². The summed E-state index contributed by atoms with van der Waals surface area (Å²) in [7, 11) is 1.59. The third-order valence-corrected chi connectivity index (χ3v) is 5.46. The highest BCUT2D eigenvalue weighted by Gasteiger charge is 2.23. The second-order valence-electron chi connectivity index (χ2n) is 7.05. The van der Waals surface area contributed by atoms with Gasteiger partial charge in [0.2, 0.25) is 11.8 Å². The lowest BCUT2D eigenvalue weighted by atomic mass is 10.1. The molecule has 1 aliphatic heterocycles. The zero-order valence-electron chi connectivity index (χ0n) is 17.1. The fourth-order valence-corrected chi connectivity index (χ4v) is 3.66. The summed E-state index contributed by atoms with van der Waals surface area (Å²) in [5.74, 6) is 0.634. The van der Waals surface area contributed by atoms with E-state index in [4.69, 9.17) is 16.3 Å². The Hall–Kier alpha value is -2.99. The Bertz CT molecular complexity index is 909. The molecular formula is C23H26ClN3O3. The number of anilines is 2. The Kier molecular flexibility index (Phi) is 7.36. The number of carbonyl (C=O) groups excluding carboxylic acids is 2. The number of nitrogens with zero attached hydrogens (tertiary/aromatic N) is 2. The van der Waals surface area contributed by atoms with Gasteiger partial charge in [0.05, 0.1) is 17.8 Å². The van der Waals surface area contributed by atoms with E-state index in [1.807, 2.05) is 36.4 Å². The lowest BCUT2D eigenvalue weighted by Crippen LogP contribution is -2.50. The van der Waals surface area contributed by atoms with E-state index in [0.717, 1.165) is 16.9 Å². The van der Waals surface area contributed by atoms with Crippen molar-refractivity contribution in [2.45, 2.75) is 12.8 Å². The van der Waals surface area contributed by atoms with E-state index < -0.39 is 0 Å². The number of ether oxygens (including phenoxy) is 1. The van der Waals surface area contributed by atoms with Crippen molar-refractivity contribution in [2.75, 3.05) is 38.6 Å². The van der Waals surface area contributed by atoms with Crippen LogP contribution >= 0.6 is 11.6 Å². The maximum Gasteiger partial charge on any atom is 0.246 e. The molecule has 3 rings (SSSR count). The van der Waals surface area contributed by atoms with E-state index in [0.29, 0.717) is 49.8 Å². The number of halogens is 1. The zero-order valence-corrected chi connectivity index (χ0v) is 17.8. The molecule has 1 fully saturated rings. The van der Waals surface area contributed by atoms with Gasteiger partial charge in [0.15, 0.2) is 0 Å². The van der Waals surface area contributed by atoms with Crippen molar-refractivity contribution in [3.05, 3.63) is 65.7 Å². The van der Waals surface area contributed by atoms with Gasteiger partial charge >= 0.3 is 0 Å². The van der Waals surface area contributed by atoms with E-state index >= 15 is 0 Å². The average molecular weight is 428 g/mol. The number of amides is 2. The van der Waals surface area contributed by atoms with Gasteiger partial charge in [-0.05, 0) is 36.3 Å². The topological polar surface area (TPSA) is 61.9 Å². The number of methoxy groups -OCH3 is 1. The standard InChI is InChI=1S/C23H26ClN3O3/c1-3-22(28)26-11-13-27(14-12-26)23(29)10-9-17-15-20(19(24)16-21(17)30-2)25-18-7-5-4-6-8-18/h3-8,15-16,25H,1,9-14H2,2H3. The van der Waals surface area contributed by atoms with Crippen molar-refractivity contribution in [1.29, 1.82) is 0 Å². The Morgan fingerprint density at radius 2 is 1.80 bits per heavy atom. The van der Waals surface area contributed by atoms with Gasteiger partial charge in [-0.1, -0.05) is 36.4 Å². The number of benzene rings is 2. The average Bonchev–Trinajstić information content (AvgIpc) is 2.79. The van der Waals surface area contributed by atoms with Gasteiger partial charge in [-0.15, -0.1) is 0 Å². The molecule has 0 aliphatic carbocycles. The van der Waals surface area contributed by atoms with Crippen molar-refractivity contribution in [3.8, 4) is 5.75 Å². The fraction of sp³-hybridized carbons (Fsp3) is 0.304. The quantitative estimate of drug-likeness (QED) is 0.681. The van der Waals surface area contributed by atoms with Crippen molar-refractivity contribution in [2.24, 2.45) is 0 Å². The molecule has 1 aliphatic rings. The number of hydrogen-bond acceptors (Lipinski definition) is 4. The third-order valence-electron chi connectivity index (χ3n) is 5.15. The molecule has 0 atom stereocenters. The Morgan fingerprint density at radius 1 is 1.13 bits per heavy atom. The fourth-order valence-electron chi connectivity index (χ4n) is 3.46. The van der Waals surface area contributed by atoms with E-state index in [1.165, 1.54) is 6.08 Å². The van der Waals surface area contributed by atoms with Crippen LogP contribution in [0.2, 0.25) is 5.02 Å². The normalized spacial score (nSPS) is 13.7. The molecule has 158 valence electrons. The third kappa shape index (κ3) is 5.33. The minimum absolute atomic E-state index is 0.0651. The molecule has 0 bridgehead atoms. The van der Waals surface area contributed by atoms with E-state index in [1.54, 1.807) is 23.0 Å². The summed E-state index contributed by atoms with van der Waals surface area (Å²) in [6.45, 7) is 5.66. The van der Waals surface area contributed by atoms with Crippen molar-refractivity contribution < 1.29 is 14.3 Å². The van der Waals surface area contributed by atoms with Gasteiger partial charge in [-0.2, -0.15) is 0 Å². The maximum absolute atomic E-state index is 12.7. The first-order valence-electron chi connectivity index (χ1n) is 9.89. The second-order valence-corrected chi connectivity index (χ2v) is 7.45. The number of para-hydroxylation sites is 1. The number of nitrogens with one attached hydrogen (secondary N) is 1. The molecule has 0 unspecified atom stereocenters. The Labute approximate surface area is 182 Å². The molecular weight excluding hydrogens is 402 g/mol. The summed E-state index contributed by atoms with van der Waals surface area (Å²) in [6.07, 6.45) is 2.21. The molecule has 6 nitrogen and oxygen atoms in total. The van der Waals surface area contributed by atoms with Crippen LogP contribution in [0, 0.1) is 0 Å². The lowest BCUT2D eigenvalue weighted by molar-refractivity contribution is -0.137. The zero-order chi connectivity index (χ0) is 21.5. The summed E-state index contributed by atoms with van der Waals surface area (Å²) < 4.78 is 5.47. The first-order valence-corrected chi connectivity index (χ1v) is 10.3. The van der Waals surface area contributed by atoms with Crippen LogP contribution in [0.3, 0.4) is 0 Å². The SMILES string of the molecule is C=CC(=O)N1CCN(C(=O)CCc2cc(Nc3ccccc3)c(Cl)cc2OC)CC1. The van der Waals surface area contributed by atoms with Crippen molar-refractivity contribution >= 4 is 34.8 Å². The summed E-state index contributed by atoms with van der Waals surface area (Å²) in [5, 5.41) is 3.86. The maximum atomic E-state index is 12.7. The molecule has 0 spiro atoms. The molecule has 0 aromatic heterocycles. The predicted molar refractivity (Wildman–Crippen MR) is 119 cm³/mol. The molecule has 2 aromatic carbocycles. The molecule has 0 radical (unpaired) electrons. The second kappa shape index (κ2) is 10.2. The van der Waals surface area contributed by atoms with Crippen LogP contribution in [0.25, 0.3) is 0 Å². The Morgan fingerprint density at radius 3 is 2.43 bits per heavy atom. The number of aryl methyl sites for hydroxylation is 1. The minimum Gasteiger partial charge on any atom is -0.496 e. The monoisotopic (exact) mass is 427 g/mol. The van der Waals surface area contributed by atoms with E-state index in [9.17, 15) is 9.59 Å². The van der Waals surface area contributed by atoms with Gasteiger partial charge in [-0.3, -0.25) is 9.59 Å². The largest absolute Gasteiger partial charge is 0.496 e. The van der Waals surface area contributed by atoms with Crippen molar-refractivity contribution in [3.63, 3.8) is 0 Å². The molecule has 0 saturated carbocycles. The summed E-state index contributed by atoms with van der Waals surface area (Å²) in [4.78, 5) is 27.9. The van der Waals surface area contributed by atoms with Crippen LogP contribution in [-0.2, 0) is 16.0 Å². The number of hydrogen-bond donors (Lipinski definition) is 1.